The SMILES string of the molecule is CC(C)(C)CCC(=O)COc1ccc(C#N)cn1. The molecule has 0 saturated carbocycles. The lowest BCUT2D eigenvalue weighted by Gasteiger charge is -2.16. The van der Waals surface area contributed by atoms with E-state index in [2.05, 4.69) is 25.8 Å². The lowest BCUT2D eigenvalue weighted by molar-refractivity contribution is -0.121. The van der Waals surface area contributed by atoms with Gasteiger partial charge in [-0.15, -0.1) is 0 Å². The zero-order chi connectivity index (χ0) is 13.6. The third kappa shape index (κ3) is 5.44. The molecule has 18 heavy (non-hydrogen) atoms. The molecule has 0 bridgehead atoms. The number of Topliss-reactive ketones (excluding diaryl/α,β-unsaturated/α-hetero) is 1. The van der Waals surface area contributed by atoms with Crippen molar-refractivity contribution in [3.8, 4) is 11.9 Å². The minimum atomic E-state index is 0.0367. The van der Waals surface area contributed by atoms with Gasteiger partial charge in [-0.2, -0.15) is 5.26 Å². The van der Waals surface area contributed by atoms with Crippen LogP contribution in [0.5, 0.6) is 5.88 Å². The number of hydrogen-bond donors (Lipinski definition) is 0. The van der Waals surface area contributed by atoms with Crippen molar-refractivity contribution in [3.05, 3.63) is 23.9 Å². The summed E-state index contributed by atoms with van der Waals surface area (Å²) >= 11 is 0. The van der Waals surface area contributed by atoms with E-state index in [0.29, 0.717) is 17.9 Å². The molecule has 0 radical (unpaired) electrons. The molecular formula is C14H18N2O2. The second-order valence-corrected chi connectivity index (χ2v) is 5.38. The second kappa shape index (κ2) is 6.15. The van der Waals surface area contributed by atoms with E-state index in [1.165, 1.54) is 6.20 Å². The van der Waals surface area contributed by atoms with E-state index in [1.807, 2.05) is 6.07 Å². The van der Waals surface area contributed by atoms with E-state index in [4.69, 9.17) is 10.00 Å². The van der Waals surface area contributed by atoms with Crippen molar-refractivity contribution in [1.82, 2.24) is 4.98 Å². The fourth-order valence-electron chi connectivity index (χ4n) is 1.27. The molecule has 0 amide bonds. The molecule has 0 spiro atoms. The summed E-state index contributed by atoms with van der Waals surface area (Å²) < 4.78 is 5.26. The molecule has 0 fully saturated rings. The van der Waals surface area contributed by atoms with Crippen LogP contribution in [0.25, 0.3) is 0 Å². The zero-order valence-electron chi connectivity index (χ0n) is 11.1. The number of pyridine rings is 1. The van der Waals surface area contributed by atoms with Gasteiger partial charge in [-0.05, 0) is 17.9 Å². The first kappa shape index (κ1) is 14.2. The third-order valence-electron chi connectivity index (χ3n) is 2.40. The van der Waals surface area contributed by atoms with Crippen molar-refractivity contribution in [2.45, 2.75) is 33.6 Å². The van der Waals surface area contributed by atoms with Gasteiger partial charge in [0.1, 0.15) is 12.7 Å². The van der Waals surface area contributed by atoms with Crippen LogP contribution in [-0.2, 0) is 4.79 Å². The average Bonchev–Trinajstić information content (AvgIpc) is 2.33. The first-order valence-corrected chi connectivity index (χ1v) is 5.91. The van der Waals surface area contributed by atoms with E-state index >= 15 is 0 Å². The molecule has 0 aliphatic heterocycles. The molecule has 1 rings (SSSR count). The summed E-state index contributed by atoms with van der Waals surface area (Å²) in [6.45, 7) is 6.34. The monoisotopic (exact) mass is 246 g/mol. The summed E-state index contributed by atoms with van der Waals surface area (Å²) in [6.07, 6.45) is 2.78. The normalized spacial score (nSPS) is 10.8. The van der Waals surface area contributed by atoms with Crippen LogP contribution in [0.3, 0.4) is 0 Å². The average molecular weight is 246 g/mol. The van der Waals surface area contributed by atoms with Crippen LogP contribution in [-0.4, -0.2) is 17.4 Å². The Hall–Kier alpha value is -1.89. The molecule has 0 aliphatic carbocycles. The molecule has 4 nitrogen and oxygen atoms in total. The van der Waals surface area contributed by atoms with Gasteiger partial charge in [0, 0.05) is 18.7 Å². The Labute approximate surface area is 108 Å². The van der Waals surface area contributed by atoms with Crippen molar-refractivity contribution >= 4 is 5.78 Å². The van der Waals surface area contributed by atoms with E-state index in [9.17, 15) is 4.79 Å². The molecule has 1 heterocycles. The summed E-state index contributed by atoms with van der Waals surface area (Å²) in [4.78, 5) is 15.5. The van der Waals surface area contributed by atoms with Gasteiger partial charge in [-0.1, -0.05) is 20.8 Å². The highest BCUT2D eigenvalue weighted by atomic mass is 16.5. The van der Waals surface area contributed by atoms with E-state index in [0.717, 1.165) is 6.42 Å². The number of nitrogens with zero attached hydrogens (tertiary/aromatic N) is 2. The summed E-state index contributed by atoms with van der Waals surface area (Å²) in [5, 5.41) is 8.61. The van der Waals surface area contributed by atoms with Gasteiger partial charge in [-0.3, -0.25) is 4.79 Å². The standard InChI is InChI=1S/C14H18N2O2/c1-14(2,3)7-6-12(17)10-18-13-5-4-11(8-15)9-16-13/h4-5,9H,6-7,10H2,1-3H3. The van der Waals surface area contributed by atoms with Crippen LogP contribution in [0.4, 0.5) is 0 Å². The molecule has 0 unspecified atom stereocenters. The molecule has 1 aromatic rings. The van der Waals surface area contributed by atoms with Crippen molar-refractivity contribution < 1.29 is 9.53 Å². The summed E-state index contributed by atoms with van der Waals surface area (Å²) in [7, 11) is 0. The Morgan fingerprint density at radius 1 is 1.44 bits per heavy atom. The number of carbonyl (C=O) groups excluding carboxylic acids is 1. The Morgan fingerprint density at radius 3 is 2.67 bits per heavy atom. The van der Waals surface area contributed by atoms with Gasteiger partial charge in [0.15, 0.2) is 5.78 Å². The molecule has 4 heteroatoms. The number of aromatic nitrogens is 1. The molecular weight excluding hydrogens is 228 g/mol. The number of ether oxygens (including phenoxy) is 1. The molecule has 0 N–H and O–H groups in total. The maximum Gasteiger partial charge on any atom is 0.213 e. The van der Waals surface area contributed by atoms with Crippen molar-refractivity contribution in [3.63, 3.8) is 0 Å². The highest BCUT2D eigenvalue weighted by molar-refractivity contribution is 5.79. The maximum absolute atomic E-state index is 11.6. The molecule has 0 aromatic carbocycles. The highest BCUT2D eigenvalue weighted by Gasteiger charge is 2.13. The molecule has 1 aromatic heterocycles. The molecule has 0 saturated heterocycles. The quantitative estimate of drug-likeness (QED) is 0.801. The second-order valence-electron chi connectivity index (χ2n) is 5.38. The Balaban J connectivity index is 2.36. The van der Waals surface area contributed by atoms with Gasteiger partial charge in [0.25, 0.3) is 0 Å². The van der Waals surface area contributed by atoms with Gasteiger partial charge < -0.3 is 4.74 Å². The maximum atomic E-state index is 11.6. The first-order valence-electron chi connectivity index (χ1n) is 5.91. The number of nitriles is 1. The number of rotatable bonds is 5. The minimum absolute atomic E-state index is 0.0367. The summed E-state index contributed by atoms with van der Waals surface area (Å²) in [5.41, 5.74) is 0.629. The van der Waals surface area contributed by atoms with Crippen molar-refractivity contribution in [1.29, 1.82) is 5.26 Å². The predicted octanol–water partition coefficient (Wildman–Crippen LogP) is 2.73. The number of ketones is 1. The predicted molar refractivity (Wildman–Crippen MR) is 68.1 cm³/mol. The van der Waals surface area contributed by atoms with Crippen LogP contribution >= 0.6 is 0 Å². The lowest BCUT2D eigenvalue weighted by Crippen LogP contribution is -2.15. The van der Waals surface area contributed by atoms with Gasteiger partial charge in [0.05, 0.1) is 5.56 Å². The van der Waals surface area contributed by atoms with Crippen LogP contribution in [0.15, 0.2) is 18.3 Å². The third-order valence-corrected chi connectivity index (χ3v) is 2.40. The Kier molecular flexibility index (Phi) is 4.85. The van der Waals surface area contributed by atoms with E-state index in [1.54, 1.807) is 12.1 Å². The number of carbonyl (C=O) groups is 1. The van der Waals surface area contributed by atoms with Gasteiger partial charge >= 0.3 is 0 Å². The van der Waals surface area contributed by atoms with Crippen LogP contribution < -0.4 is 4.74 Å². The van der Waals surface area contributed by atoms with E-state index in [-0.39, 0.29) is 17.8 Å². The van der Waals surface area contributed by atoms with Crippen LogP contribution in [0.2, 0.25) is 0 Å². The Bertz CT molecular complexity index is 438. The summed E-state index contributed by atoms with van der Waals surface area (Å²) in [5.74, 6) is 0.439. The lowest BCUT2D eigenvalue weighted by atomic mass is 9.90. The van der Waals surface area contributed by atoms with Crippen LogP contribution in [0.1, 0.15) is 39.2 Å². The smallest absolute Gasteiger partial charge is 0.213 e. The largest absolute Gasteiger partial charge is 0.470 e. The summed E-state index contributed by atoms with van der Waals surface area (Å²) in [6, 6.07) is 5.18. The van der Waals surface area contributed by atoms with E-state index < -0.39 is 0 Å². The fraction of sp³-hybridized carbons (Fsp3) is 0.500. The molecule has 0 atom stereocenters. The van der Waals surface area contributed by atoms with Gasteiger partial charge in [0.2, 0.25) is 5.88 Å². The highest BCUT2D eigenvalue weighted by Crippen LogP contribution is 2.20. The van der Waals surface area contributed by atoms with Crippen molar-refractivity contribution in [2.75, 3.05) is 6.61 Å². The molecule has 96 valence electrons. The Morgan fingerprint density at radius 2 is 2.17 bits per heavy atom. The van der Waals surface area contributed by atoms with Gasteiger partial charge in [-0.25, -0.2) is 4.98 Å². The molecule has 0 aliphatic rings. The van der Waals surface area contributed by atoms with Crippen LogP contribution in [0, 0.1) is 16.7 Å². The van der Waals surface area contributed by atoms with Crippen molar-refractivity contribution in [2.24, 2.45) is 5.41 Å². The number of hydrogen-bond acceptors (Lipinski definition) is 4. The first-order chi connectivity index (χ1) is 8.40. The topological polar surface area (TPSA) is 63.0 Å². The fourth-order valence-corrected chi connectivity index (χ4v) is 1.27. The zero-order valence-corrected chi connectivity index (χ0v) is 11.1. The minimum Gasteiger partial charge on any atom is -0.470 e.